The summed E-state index contributed by atoms with van der Waals surface area (Å²) < 4.78 is 4.95. The number of hydrogen-bond acceptors (Lipinski definition) is 4. The lowest BCUT2D eigenvalue weighted by atomic mass is 10.2. The Labute approximate surface area is 106 Å². The number of carbonyl (C=O) groups is 1. The summed E-state index contributed by atoms with van der Waals surface area (Å²) in [6.07, 6.45) is 1.38. The molecule has 1 aromatic rings. The molecular weight excluding hydrogens is 242 g/mol. The first-order valence-electron chi connectivity index (χ1n) is 5.29. The highest BCUT2D eigenvalue weighted by Gasteiger charge is 2.17. The summed E-state index contributed by atoms with van der Waals surface area (Å²) in [5.74, 6) is 0.115. The summed E-state index contributed by atoms with van der Waals surface area (Å²) in [6.45, 7) is 3.48. The van der Waals surface area contributed by atoms with Crippen molar-refractivity contribution >= 4 is 23.3 Å². The normalized spacial score (nSPS) is 10.3. The number of aromatic nitrogens is 1. The second-order valence-electron chi connectivity index (χ2n) is 3.47. The summed E-state index contributed by atoms with van der Waals surface area (Å²) in [4.78, 5) is 17.6. The number of nitrogens with two attached hydrogens (primary N) is 1. The number of pyridine rings is 1. The minimum atomic E-state index is -0.163. The topological polar surface area (TPSA) is 68.5 Å². The van der Waals surface area contributed by atoms with Crippen molar-refractivity contribution in [2.24, 2.45) is 0 Å². The van der Waals surface area contributed by atoms with E-state index in [1.54, 1.807) is 12.0 Å². The number of hydrogen-bond donors (Lipinski definition) is 1. The van der Waals surface area contributed by atoms with Gasteiger partial charge in [-0.25, -0.2) is 4.98 Å². The smallest absolute Gasteiger partial charge is 0.255 e. The van der Waals surface area contributed by atoms with Gasteiger partial charge in [-0.2, -0.15) is 0 Å². The zero-order valence-corrected chi connectivity index (χ0v) is 10.7. The van der Waals surface area contributed by atoms with E-state index in [-0.39, 0.29) is 11.7 Å². The van der Waals surface area contributed by atoms with Crippen molar-refractivity contribution in [1.82, 2.24) is 9.88 Å². The van der Waals surface area contributed by atoms with Crippen LogP contribution < -0.4 is 5.73 Å². The molecule has 1 heterocycles. The Kier molecular flexibility index (Phi) is 5.18. The molecule has 0 unspecified atom stereocenters. The molecule has 94 valence electrons. The fourth-order valence-corrected chi connectivity index (χ4v) is 1.58. The summed E-state index contributed by atoms with van der Waals surface area (Å²) >= 11 is 5.93. The van der Waals surface area contributed by atoms with Crippen molar-refractivity contribution in [3.8, 4) is 0 Å². The number of methoxy groups -OCH3 is 1. The van der Waals surface area contributed by atoms with Crippen LogP contribution in [0.5, 0.6) is 0 Å². The first kappa shape index (κ1) is 13.7. The van der Waals surface area contributed by atoms with Crippen LogP contribution in [-0.4, -0.2) is 42.6 Å². The number of likely N-dealkylation sites (N-methyl/N-ethyl adjacent to an activating group) is 1. The molecule has 1 rings (SSSR count). The zero-order valence-electron chi connectivity index (χ0n) is 9.94. The maximum atomic E-state index is 12.2. The quantitative estimate of drug-likeness (QED) is 0.866. The Morgan fingerprint density at radius 3 is 2.94 bits per heavy atom. The molecule has 0 aromatic carbocycles. The third-order valence-electron chi connectivity index (χ3n) is 2.34. The number of rotatable bonds is 5. The molecule has 1 aromatic heterocycles. The van der Waals surface area contributed by atoms with Crippen LogP contribution >= 0.6 is 11.6 Å². The lowest BCUT2D eigenvalue weighted by Gasteiger charge is -2.21. The van der Waals surface area contributed by atoms with Gasteiger partial charge in [-0.05, 0) is 13.0 Å². The predicted octanol–water partition coefficient (Wildman–Crippen LogP) is 1.43. The Morgan fingerprint density at radius 2 is 2.35 bits per heavy atom. The lowest BCUT2D eigenvalue weighted by molar-refractivity contribution is 0.0706. The first-order valence-corrected chi connectivity index (χ1v) is 5.67. The molecule has 0 saturated carbocycles. The molecule has 1 amide bonds. The van der Waals surface area contributed by atoms with Crippen LogP contribution in [0, 0.1) is 0 Å². The van der Waals surface area contributed by atoms with Gasteiger partial charge in [0.2, 0.25) is 0 Å². The standard InChI is InChI=1S/C11H16ClN3O2/c1-3-15(4-5-17-2)11(16)8-6-10(13)14-7-9(8)12/h6-7H,3-5H2,1-2H3,(H2,13,14). The van der Waals surface area contributed by atoms with Gasteiger partial charge in [0.1, 0.15) is 5.82 Å². The highest BCUT2D eigenvalue weighted by Crippen LogP contribution is 2.18. The molecule has 0 atom stereocenters. The zero-order chi connectivity index (χ0) is 12.8. The Balaban J connectivity index is 2.89. The molecule has 0 aliphatic rings. The van der Waals surface area contributed by atoms with Crippen LogP contribution in [-0.2, 0) is 4.74 Å². The number of ether oxygens (including phenoxy) is 1. The van der Waals surface area contributed by atoms with Gasteiger partial charge in [-0.15, -0.1) is 0 Å². The fraction of sp³-hybridized carbons (Fsp3) is 0.455. The van der Waals surface area contributed by atoms with Gasteiger partial charge in [-0.3, -0.25) is 4.79 Å². The van der Waals surface area contributed by atoms with E-state index in [1.807, 2.05) is 6.92 Å². The molecular formula is C11H16ClN3O2. The van der Waals surface area contributed by atoms with E-state index in [0.29, 0.717) is 30.3 Å². The van der Waals surface area contributed by atoms with Crippen LogP contribution in [0.3, 0.4) is 0 Å². The highest BCUT2D eigenvalue weighted by molar-refractivity contribution is 6.33. The second kappa shape index (κ2) is 6.42. The van der Waals surface area contributed by atoms with Gasteiger partial charge in [0.15, 0.2) is 0 Å². The molecule has 0 spiro atoms. The number of halogens is 1. The maximum Gasteiger partial charge on any atom is 0.255 e. The summed E-state index contributed by atoms with van der Waals surface area (Å²) in [5, 5.41) is 0.306. The molecule has 0 aliphatic carbocycles. The SMILES string of the molecule is CCN(CCOC)C(=O)c1cc(N)ncc1Cl. The summed E-state index contributed by atoms with van der Waals surface area (Å²) in [5.41, 5.74) is 5.91. The average Bonchev–Trinajstić information content (AvgIpc) is 2.33. The van der Waals surface area contributed by atoms with E-state index < -0.39 is 0 Å². The van der Waals surface area contributed by atoms with E-state index in [4.69, 9.17) is 22.1 Å². The van der Waals surface area contributed by atoms with Crippen molar-refractivity contribution in [1.29, 1.82) is 0 Å². The van der Waals surface area contributed by atoms with Crippen LogP contribution in [0.4, 0.5) is 5.82 Å². The highest BCUT2D eigenvalue weighted by atomic mass is 35.5. The van der Waals surface area contributed by atoms with E-state index in [9.17, 15) is 4.79 Å². The van der Waals surface area contributed by atoms with Gasteiger partial charge in [0, 0.05) is 26.4 Å². The van der Waals surface area contributed by atoms with E-state index >= 15 is 0 Å². The average molecular weight is 258 g/mol. The fourth-order valence-electron chi connectivity index (χ4n) is 1.39. The molecule has 0 radical (unpaired) electrons. The van der Waals surface area contributed by atoms with Crippen LogP contribution in [0.25, 0.3) is 0 Å². The van der Waals surface area contributed by atoms with Crippen molar-refractivity contribution in [3.63, 3.8) is 0 Å². The number of amides is 1. The molecule has 5 nitrogen and oxygen atoms in total. The molecule has 0 aliphatic heterocycles. The van der Waals surface area contributed by atoms with Crippen molar-refractivity contribution in [2.75, 3.05) is 32.5 Å². The molecule has 0 saturated heterocycles. The summed E-state index contributed by atoms with van der Waals surface area (Å²) in [7, 11) is 1.59. The molecule has 0 fully saturated rings. The Hall–Kier alpha value is -1.33. The summed E-state index contributed by atoms with van der Waals surface area (Å²) in [6, 6.07) is 1.49. The van der Waals surface area contributed by atoms with Crippen molar-refractivity contribution in [2.45, 2.75) is 6.92 Å². The van der Waals surface area contributed by atoms with Gasteiger partial charge in [0.05, 0.1) is 17.2 Å². The third kappa shape index (κ3) is 3.57. The predicted molar refractivity (Wildman–Crippen MR) is 67.1 cm³/mol. The molecule has 0 bridgehead atoms. The number of anilines is 1. The van der Waals surface area contributed by atoms with Gasteiger partial charge in [0.25, 0.3) is 5.91 Å². The number of nitrogens with zero attached hydrogens (tertiary/aromatic N) is 2. The number of nitrogen functional groups attached to an aromatic ring is 1. The second-order valence-corrected chi connectivity index (χ2v) is 3.87. The lowest BCUT2D eigenvalue weighted by Crippen LogP contribution is -2.34. The first-order chi connectivity index (χ1) is 8.10. The van der Waals surface area contributed by atoms with Crippen molar-refractivity contribution in [3.05, 3.63) is 22.8 Å². The van der Waals surface area contributed by atoms with E-state index in [2.05, 4.69) is 4.98 Å². The van der Waals surface area contributed by atoms with Crippen LogP contribution in [0.2, 0.25) is 5.02 Å². The number of carbonyl (C=O) groups excluding carboxylic acids is 1. The third-order valence-corrected chi connectivity index (χ3v) is 2.64. The monoisotopic (exact) mass is 257 g/mol. The van der Waals surface area contributed by atoms with E-state index in [1.165, 1.54) is 12.3 Å². The van der Waals surface area contributed by atoms with E-state index in [0.717, 1.165) is 0 Å². The van der Waals surface area contributed by atoms with Gasteiger partial charge >= 0.3 is 0 Å². The minimum Gasteiger partial charge on any atom is -0.384 e. The van der Waals surface area contributed by atoms with Crippen LogP contribution in [0.15, 0.2) is 12.3 Å². The van der Waals surface area contributed by atoms with Crippen molar-refractivity contribution < 1.29 is 9.53 Å². The molecule has 6 heteroatoms. The van der Waals surface area contributed by atoms with Crippen LogP contribution in [0.1, 0.15) is 17.3 Å². The molecule has 17 heavy (non-hydrogen) atoms. The maximum absolute atomic E-state index is 12.2. The molecule has 2 N–H and O–H groups in total. The Bertz CT molecular complexity index is 398. The Morgan fingerprint density at radius 1 is 1.65 bits per heavy atom. The minimum absolute atomic E-state index is 0.163. The largest absolute Gasteiger partial charge is 0.384 e. The van der Waals surface area contributed by atoms with Gasteiger partial charge in [-0.1, -0.05) is 11.6 Å². The van der Waals surface area contributed by atoms with Gasteiger partial charge < -0.3 is 15.4 Å².